The Balaban J connectivity index is 1.76. The first-order chi connectivity index (χ1) is 9.78. The molecule has 0 aliphatic heterocycles. The summed E-state index contributed by atoms with van der Waals surface area (Å²) in [4.78, 5) is 15.7. The quantitative estimate of drug-likeness (QED) is 0.846. The van der Waals surface area contributed by atoms with Crippen molar-refractivity contribution in [2.24, 2.45) is 0 Å². The van der Waals surface area contributed by atoms with Gasteiger partial charge >= 0.3 is 6.03 Å². The Labute approximate surface area is 117 Å². The van der Waals surface area contributed by atoms with Crippen LogP contribution in [0.25, 0.3) is 0 Å². The maximum atomic E-state index is 11.6. The summed E-state index contributed by atoms with van der Waals surface area (Å²) in [7, 11) is 0. The van der Waals surface area contributed by atoms with Crippen molar-refractivity contribution in [2.45, 2.75) is 20.0 Å². The third-order valence-electron chi connectivity index (χ3n) is 2.55. The van der Waals surface area contributed by atoms with E-state index in [-0.39, 0.29) is 6.03 Å². The number of furan rings is 1. The highest BCUT2D eigenvalue weighted by molar-refractivity contribution is 5.73. The standard InChI is InChI=1S/C14H17N3O3/c1-2-19-13-8-11(5-6-15-13)9-16-14(18)17-10-12-4-3-7-20-12/h3-8H,2,9-10H2,1H3,(H2,16,17,18). The van der Waals surface area contributed by atoms with Crippen molar-refractivity contribution in [1.29, 1.82) is 0 Å². The maximum absolute atomic E-state index is 11.6. The molecule has 0 aromatic carbocycles. The fourth-order valence-electron chi connectivity index (χ4n) is 1.61. The highest BCUT2D eigenvalue weighted by Gasteiger charge is 2.03. The first kappa shape index (κ1) is 13.9. The summed E-state index contributed by atoms with van der Waals surface area (Å²) in [5, 5.41) is 5.46. The molecule has 0 spiro atoms. The van der Waals surface area contributed by atoms with E-state index >= 15 is 0 Å². The minimum Gasteiger partial charge on any atom is -0.478 e. The number of ether oxygens (including phenoxy) is 1. The highest BCUT2D eigenvalue weighted by atomic mass is 16.5. The SMILES string of the molecule is CCOc1cc(CNC(=O)NCc2ccco2)ccn1. The molecule has 0 unspecified atom stereocenters. The molecule has 6 nitrogen and oxygen atoms in total. The summed E-state index contributed by atoms with van der Waals surface area (Å²) in [6, 6.07) is 6.96. The van der Waals surface area contributed by atoms with Gasteiger partial charge in [-0.2, -0.15) is 0 Å². The average molecular weight is 275 g/mol. The van der Waals surface area contributed by atoms with Gasteiger partial charge in [0.2, 0.25) is 5.88 Å². The lowest BCUT2D eigenvalue weighted by atomic mass is 10.2. The number of carbonyl (C=O) groups excluding carboxylic acids is 1. The van der Waals surface area contributed by atoms with Gasteiger partial charge in [-0.1, -0.05) is 0 Å². The number of carbonyl (C=O) groups is 1. The molecule has 2 aromatic heterocycles. The normalized spacial score (nSPS) is 10.1. The molecule has 106 valence electrons. The average Bonchev–Trinajstić information content (AvgIpc) is 2.97. The van der Waals surface area contributed by atoms with Crippen LogP contribution in [0.5, 0.6) is 5.88 Å². The third kappa shape index (κ3) is 4.31. The summed E-state index contributed by atoms with van der Waals surface area (Å²) < 4.78 is 10.4. The van der Waals surface area contributed by atoms with Gasteiger partial charge < -0.3 is 19.8 Å². The fraction of sp³-hybridized carbons (Fsp3) is 0.286. The van der Waals surface area contributed by atoms with Gasteiger partial charge in [0.05, 0.1) is 19.4 Å². The molecule has 0 atom stereocenters. The van der Waals surface area contributed by atoms with Crippen LogP contribution in [-0.2, 0) is 13.1 Å². The van der Waals surface area contributed by atoms with Crippen molar-refractivity contribution in [3.8, 4) is 5.88 Å². The predicted molar refractivity (Wildman–Crippen MR) is 73.2 cm³/mol. The van der Waals surface area contributed by atoms with Gasteiger partial charge in [-0.25, -0.2) is 9.78 Å². The third-order valence-corrected chi connectivity index (χ3v) is 2.55. The lowest BCUT2D eigenvalue weighted by Crippen LogP contribution is -2.34. The molecule has 2 rings (SSSR count). The zero-order chi connectivity index (χ0) is 14.2. The highest BCUT2D eigenvalue weighted by Crippen LogP contribution is 2.08. The van der Waals surface area contributed by atoms with Crippen LogP contribution in [0.2, 0.25) is 0 Å². The topological polar surface area (TPSA) is 76.4 Å². The van der Waals surface area contributed by atoms with Gasteiger partial charge in [0.15, 0.2) is 0 Å². The second kappa shape index (κ2) is 7.18. The van der Waals surface area contributed by atoms with E-state index in [1.54, 1.807) is 30.7 Å². The first-order valence-corrected chi connectivity index (χ1v) is 6.39. The molecule has 0 aliphatic rings. The van der Waals surface area contributed by atoms with Crippen molar-refractivity contribution in [2.75, 3.05) is 6.61 Å². The zero-order valence-electron chi connectivity index (χ0n) is 11.3. The van der Waals surface area contributed by atoms with E-state index < -0.39 is 0 Å². The van der Waals surface area contributed by atoms with Crippen molar-refractivity contribution in [3.05, 3.63) is 48.0 Å². The first-order valence-electron chi connectivity index (χ1n) is 6.39. The molecular formula is C14H17N3O3. The van der Waals surface area contributed by atoms with E-state index in [0.717, 1.165) is 5.56 Å². The summed E-state index contributed by atoms with van der Waals surface area (Å²) in [6.45, 7) is 3.23. The van der Waals surface area contributed by atoms with Gasteiger partial charge in [0, 0.05) is 18.8 Å². The molecule has 0 saturated carbocycles. The Morgan fingerprint density at radius 1 is 1.35 bits per heavy atom. The molecule has 6 heteroatoms. The van der Waals surface area contributed by atoms with Gasteiger partial charge in [0.25, 0.3) is 0 Å². The minimum absolute atomic E-state index is 0.254. The van der Waals surface area contributed by atoms with Crippen molar-refractivity contribution in [3.63, 3.8) is 0 Å². The van der Waals surface area contributed by atoms with E-state index in [2.05, 4.69) is 15.6 Å². The number of amides is 2. The molecule has 0 saturated heterocycles. The molecule has 2 aromatic rings. The van der Waals surface area contributed by atoms with Crippen LogP contribution in [0.15, 0.2) is 41.1 Å². The fourth-order valence-corrected chi connectivity index (χ4v) is 1.61. The molecule has 2 heterocycles. The number of aromatic nitrogens is 1. The monoisotopic (exact) mass is 275 g/mol. The molecule has 2 amide bonds. The van der Waals surface area contributed by atoms with Gasteiger partial charge in [0.1, 0.15) is 5.76 Å². The largest absolute Gasteiger partial charge is 0.478 e. The van der Waals surface area contributed by atoms with E-state index in [0.29, 0.717) is 31.3 Å². The Kier molecular flexibility index (Phi) is 5.00. The van der Waals surface area contributed by atoms with Crippen LogP contribution in [0.3, 0.4) is 0 Å². The molecule has 0 radical (unpaired) electrons. The van der Waals surface area contributed by atoms with Crippen LogP contribution in [0.1, 0.15) is 18.2 Å². The zero-order valence-corrected chi connectivity index (χ0v) is 11.3. The maximum Gasteiger partial charge on any atom is 0.315 e. The van der Waals surface area contributed by atoms with E-state index in [9.17, 15) is 4.79 Å². The van der Waals surface area contributed by atoms with Crippen LogP contribution < -0.4 is 15.4 Å². The Morgan fingerprint density at radius 2 is 2.20 bits per heavy atom. The molecule has 2 N–H and O–H groups in total. The number of nitrogens with zero attached hydrogens (tertiary/aromatic N) is 1. The molecule has 20 heavy (non-hydrogen) atoms. The molecule has 0 aliphatic carbocycles. The van der Waals surface area contributed by atoms with Crippen LogP contribution in [0.4, 0.5) is 4.79 Å². The number of urea groups is 1. The Bertz CT molecular complexity index is 540. The van der Waals surface area contributed by atoms with Gasteiger partial charge in [-0.3, -0.25) is 0 Å². The summed E-state index contributed by atoms with van der Waals surface area (Å²) in [5.74, 6) is 1.27. The second-order valence-electron chi connectivity index (χ2n) is 4.05. The summed E-state index contributed by atoms with van der Waals surface area (Å²) in [6.07, 6.45) is 3.23. The van der Waals surface area contributed by atoms with Crippen molar-refractivity contribution >= 4 is 6.03 Å². The van der Waals surface area contributed by atoms with Crippen LogP contribution in [-0.4, -0.2) is 17.6 Å². The molecular weight excluding hydrogens is 258 g/mol. The molecule has 0 bridgehead atoms. The lowest BCUT2D eigenvalue weighted by molar-refractivity contribution is 0.239. The van der Waals surface area contributed by atoms with Crippen LogP contribution in [0, 0.1) is 0 Å². The molecule has 0 fully saturated rings. The number of hydrogen-bond acceptors (Lipinski definition) is 4. The number of hydrogen-bond donors (Lipinski definition) is 2. The van der Waals surface area contributed by atoms with Gasteiger partial charge in [-0.15, -0.1) is 0 Å². The van der Waals surface area contributed by atoms with Gasteiger partial charge in [-0.05, 0) is 30.7 Å². The van der Waals surface area contributed by atoms with E-state index in [1.807, 2.05) is 13.0 Å². The van der Waals surface area contributed by atoms with Crippen LogP contribution >= 0.6 is 0 Å². The number of pyridine rings is 1. The van der Waals surface area contributed by atoms with Crippen molar-refractivity contribution < 1.29 is 13.9 Å². The second-order valence-corrected chi connectivity index (χ2v) is 4.05. The lowest BCUT2D eigenvalue weighted by Gasteiger charge is -2.08. The van der Waals surface area contributed by atoms with Crippen molar-refractivity contribution in [1.82, 2.24) is 15.6 Å². The smallest absolute Gasteiger partial charge is 0.315 e. The predicted octanol–water partition coefficient (Wildman–Crippen LogP) is 2.07. The minimum atomic E-state index is -0.254. The van der Waals surface area contributed by atoms with E-state index in [1.165, 1.54) is 0 Å². The number of rotatable bonds is 6. The Hall–Kier alpha value is -2.50. The Morgan fingerprint density at radius 3 is 2.95 bits per heavy atom. The summed E-state index contributed by atoms with van der Waals surface area (Å²) in [5.41, 5.74) is 0.927. The van der Waals surface area contributed by atoms with E-state index in [4.69, 9.17) is 9.15 Å². The number of nitrogens with one attached hydrogen (secondary N) is 2. The summed E-state index contributed by atoms with van der Waals surface area (Å²) >= 11 is 0.